The number of fused-ring (bicyclic) bond motifs is 7. The van der Waals surface area contributed by atoms with Crippen molar-refractivity contribution in [1.29, 1.82) is 0 Å². The highest BCUT2D eigenvalue weighted by Gasteiger charge is 2.17. The minimum Gasteiger partial charge on any atom is -0.456 e. The molecule has 0 fully saturated rings. The number of hydrogen-bond acceptors (Lipinski definition) is 4. The monoisotopic (exact) mass is 625 g/mol. The lowest BCUT2D eigenvalue weighted by Gasteiger charge is -2.13. The van der Waals surface area contributed by atoms with Gasteiger partial charge in [-0.2, -0.15) is 0 Å². The summed E-state index contributed by atoms with van der Waals surface area (Å²) in [6.07, 6.45) is 0. The lowest BCUT2D eigenvalue weighted by molar-refractivity contribution is 0.669. The van der Waals surface area contributed by atoms with Gasteiger partial charge in [-0.15, -0.1) is 0 Å². The molecule has 228 valence electrons. The summed E-state index contributed by atoms with van der Waals surface area (Å²) in [4.78, 5) is 15.4. The molecule has 4 heteroatoms. The number of aromatic nitrogens is 3. The Balaban J connectivity index is 1.16. The third-order valence-electron chi connectivity index (χ3n) is 9.51. The van der Waals surface area contributed by atoms with Crippen LogP contribution < -0.4 is 0 Å². The van der Waals surface area contributed by atoms with Crippen molar-refractivity contribution in [2.45, 2.75) is 0 Å². The van der Waals surface area contributed by atoms with Crippen LogP contribution in [-0.2, 0) is 0 Å². The molecule has 0 saturated heterocycles. The number of para-hydroxylation sites is 1. The van der Waals surface area contributed by atoms with Gasteiger partial charge in [0, 0.05) is 27.5 Å². The first-order valence-corrected chi connectivity index (χ1v) is 16.4. The van der Waals surface area contributed by atoms with Crippen LogP contribution in [0, 0.1) is 0 Å². The van der Waals surface area contributed by atoms with Crippen molar-refractivity contribution >= 4 is 54.3 Å². The zero-order chi connectivity index (χ0) is 32.3. The number of nitrogens with zero attached hydrogens (tertiary/aromatic N) is 3. The van der Waals surface area contributed by atoms with Crippen LogP contribution in [0.2, 0.25) is 0 Å². The summed E-state index contributed by atoms with van der Waals surface area (Å²) < 4.78 is 6.18. The van der Waals surface area contributed by atoms with E-state index in [2.05, 4.69) is 146 Å². The summed E-state index contributed by atoms with van der Waals surface area (Å²) in [7, 11) is 0. The molecule has 10 aromatic rings. The van der Waals surface area contributed by atoms with Crippen LogP contribution in [0.3, 0.4) is 0 Å². The Morgan fingerprint density at radius 1 is 0.327 bits per heavy atom. The topological polar surface area (TPSA) is 51.8 Å². The van der Waals surface area contributed by atoms with Crippen molar-refractivity contribution in [3.8, 4) is 45.3 Å². The lowest BCUT2D eigenvalue weighted by atomic mass is 9.96. The second-order valence-electron chi connectivity index (χ2n) is 12.4. The molecule has 8 aromatic carbocycles. The van der Waals surface area contributed by atoms with Crippen LogP contribution in [0.4, 0.5) is 0 Å². The molecular formula is C45H27N3O. The summed E-state index contributed by atoms with van der Waals surface area (Å²) in [5, 5.41) is 9.20. The SMILES string of the molecule is c1ccc2cc(-c3nc(-c4ccc(-c5cccc6oc7ccccc7c56)cc4)nc(-c4cc5ccccc5c5ccccc45)n3)ccc2c1. The second kappa shape index (κ2) is 11.0. The van der Waals surface area contributed by atoms with Gasteiger partial charge in [0.05, 0.1) is 0 Å². The fourth-order valence-electron chi connectivity index (χ4n) is 7.14. The predicted octanol–water partition coefficient (Wildman–Crippen LogP) is 11.9. The Hall–Kier alpha value is -6.65. The molecule has 0 aliphatic rings. The fourth-order valence-corrected chi connectivity index (χ4v) is 7.14. The summed E-state index contributed by atoms with van der Waals surface area (Å²) in [5.74, 6) is 1.92. The standard InChI is InChI=1S/C45H27N3O/c1-2-11-31-26-33(25-20-28(31)10-1)44-46-43(47-45(48-44)39-27-32-12-3-4-13-34(32)36-14-5-6-15-37(36)39)30-23-21-29(22-24-30)35-17-9-19-41-42(35)38-16-7-8-18-40(38)49-41/h1-27H. The van der Waals surface area contributed by atoms with Crippen molar-refractivity contribution in [1.82, 2.24) is 15.0 Å². The van der Waals surface area contributed by atoms with E-state index in [0.29, 0.717) is 17.5 Å². The minimum absolute atomic E-state index is 0.629. The molecule has 0 aliphatic heterocycles. The van der Waals surface area contributed by atoms with Crippen molar-refractivity contribution < 1.29 is 4.42 Å². The first kappa shape index (κ1) is 27.5. The maximum Gasteiger partial charge on any atom is 0.164 e. The zero-order valence-corrected chi connectivity index (χ0v) is 26.3. The molecule has 10 rings (SSSR count). The van der Waals surface area contributed by atoms with Crippen molar-refractivity contribution in [3.05, 3.63) is 164 Å². The normalized spacial score (nSPS) is 11.7. The van der Waals surface area contributed by atoms with Crippen LogP contribution in [0.15, 0.2) is 168 Å². The average molecular weight is 626 g/mol. The van der Waals surface area contributed by atoms with E-state index >= 15 is 0 Å². The van der Waals surface area contributed by atoms with Gasteiger partial charge in [-0.25, -0.2) is 15.0 Å². The predicted molar refractivity (Wildman–Crippen MR) is 201 cm³/mol. The maximum atomic E-state index is 6.18. The molecule has 4 nitrogen and oxygen atoms in total. The molecular weight excluding hydrogens is 599 g/mol. The van der Waals surface area contributed by atoms with Gasteiger partial charge in [0.15, 0.2) is 17.5 Å². The third kappa shape index (κ3) is 4.57. The highest BCUT2D eigenvalue weighted by atomic mass is 16.3. The first-order valence-electron chi connectivity index (χ1n) is 16.4. The molecule has 2 heterocycles. The number of rotatable bonds is 4. The van der Waals surface area contributed by atoms with E-state index in [0.717, 1.165) is 65.9 Å². The van der Waals surface area contributed by atoms with Crippen molar-refractivity contribution in [2.24, 2.45) is 0 Å². The minimum atomic E-state index is 0.629. The summed E-state index contributed by atoms with van der Waals surface area (Å²) >= 11 is 0. The molecule has 0 N–H and O–H groups in total. The van der Waals surface area contributed by atoms with Gasteiger partial charge < -0.3 is 4.42 Å². The van der Waals surface area contributed by atoms with Crippen LogP contribution >= 0.6 is 0 Å². The van der Waals surface area contributed by atoms with E-state index in [-0.39, 0.29) is 0 Å². The van der Waals surface area contributed by atoms with Gasteiger partial charge in [-0.05, 0) is 67.7 Å². The number of furan rings is 1. The van der Waals surface area contributed by atoms with E-state index in [1.165, 1.54) is 16.2 Å². The van der Waals surface area contributed by atoms with Crippen LogP contribution in [0.5, 0.6) is 0 Å². The summed E-state index contributed by atoms with van der Waals surface area (Å²) in [5.41, 5.74) is 6.85. The number of benzene rings is 8. The lowest BCUT2D eigenvalue weighted by Crippen LogP contribution is -2.01. The number of hydrogen-bond donors (Lipinski definition) is 0. The molecule has 2 aromatic heterocycles. The van der Waals surface area contributed by atoms with Gasteiger partial charge in [0.2, 0.25) is 0 Å². The molecule has 0 amide bonds. The average Bonchev–Trinajstić information content (AvgIpc) is 3.56. The van der Waals surface area contributed by atoms with E-state index < -0.39 is 0 Å². The molecule has 0 atom stereocenters. The van der Waals surface area contributed by atoms with Gasteiger partial charge in [0.25, 0.3) is 0 Å². The van der Waals surface area contributed by atoms with Crippen LogP contribution in [-0.4, -0.2) is 15.0 Å². The molecule has 0 radical (unpaired) electrons. The smallest absolute Gasteiger partial charge is 0.164 e. The molecule has 49 heavy (non-hydrogen) atoms. The molecule has 0 bridgehead atoms. The highest BCUT2D eigenvalue weighted by Crippen LogP contribution is 2.38. The summed E-state index contributed by atoms with van der Waals surface area (Å²) in [6.45, 7) is 0. The quantitative estimate of drug-likeness (QED) is 0.183. The maximum absolute atomic E-state index is 6.18. The van der Waals surface area contributed by atoms with Crippen molar-refractivity contribution in [2.75, 3.05) is 0 Å². The van der Waals surface area contributed by atoms with E-state index in [4.69, 9.17) is 19.4 Å². The Labute approximate surface area is 282 Å². The van der Waals surface area contributed by atoms with E-state index in [1.807, 2.05) is 18.2 Å². The third-order valence-corrected chi connectivity index (χ3v) is 9.51. The highest BCUT2D eigenvalue weighted by molar-refractivity contribution is 6.14. The van der Waals surface area contributed by atoms with Crippen LogP contribution in [0.25, 0.3) is 99.5 Å². The Morgan fingerprint density at radius 3 is 1.76 bits per heavy atom. The van der Waals surface area contributed by atoms with Gasteiger partial charge in [-0.1, -0.05) is 140 Å². The molecule has 0 spiro atoms. The first-order chi connectivity index (χ1) is 24.3. The Morgan fingerprint density at radius 2 is 0.918 bits per heavy atom. The van der Waals surface area contributed by atoms with Gasteiger partial charge in [-0.3, -0.25) is 0 Å². The zero-order valence-electron chi connectivity index (χ0n) is 26.3. The Kier molecular flexibility index (Phi) is 6.15. The molecule has 0 saturated carbocycles. The Bertz CT molecular complexity index is 2890. The van der Waals surface area contributed by atoms with Crippen molar-refractivity contribution in [3.63, 3.8) is 0 Å². The fraction of sp³-hybridized carbons (Fsp3) is 0. The van der Waals surface area contributed by atoms with Gasteiger partial charge >= 0.3 is 0 Å². The second-order valence-corrected chi connectivity index (χ2v) is 12.4. The largest absolute Gasteiger partial charge is 0.456 e. The summed E-state index contributed by atoms with van der Waals surface area (Å²) in [6, 6.07) is 56.9. The van der Waals surface area contributed by atoms with Crippen LogP contribution in [0.1, 0.15) is 0 Å². The van der Waals surface area contributed by atoms with E-state index in [9.17, 15) is 0 Å². The van der Waals surface area contributed by atoms with Gasteiger partial charge in [0.1, 0.15) is 11.2 Å². The van der Waals surface area contributed by atoms with E-state index in [1.54, 1.807) is 0 Å². The molecule has 0 aliphatic carbocycles. The molecule has 0 unspecified atom stereocenters.